The van der Waals surface area contributed by atoms with Crippen LogP contribution in [0.2, 0.25) is 5.28 Å². The second-order valence-corrected chi connectivity index (χ2v) is 8.19. The molecule has 0 atom stereocenters. The molecule has 0 saturated carbocycles. The molecule has 3 nitrogen and oxygen atoms in total. The topological polar surface area (TPSA) is 38.7 Å². The first-order chi connectivity index (χ1) is 16.3. The Hall–Kier alpha value is -4.08. The molecule has 156 valence electrons. The van der Waals surface area contributed by atoms with E-state index in [1.807, 2.05) is 48.5 Å². The Bertz CT molecular complexity index is 1630. The molecule has 5 aromatic carbocycles. The van der Waals surface area contributed by atoms with Crippen LogP contribution in [0.5, 0.6) is 0 Å². The van der Waals surface area contributed by atoms with E-state index in [1.54, 1.807) is 0 Å². The third-order valence-electron chi connectivity index (χ3n) is 5.87. The summed E-state index contributed by atoms with van der Waals surface area (Å²) < 4.78 is 0. The smallest absolute Gasteiger partial charge is 0.208 e. The van der Waals surface area contributed by atoms with E-state index < -0.39 is 0 Å². The predicted octanol–water partition coefficient (Wildman–Crippen LogP) is 7.83. The third kappa shape index (κ3) is 3.53. The van der Waals surface area contributed by atoms with Gasteiger partial charge in [-0.3, -0.25) is 0 Å². The zero-order valence-electron chi connectivity index (χ0n) is 17.6. The van der Waals surface area contributed by atoms with Crippen molar-refractivity contribution in [3.63, 3.8) is 0 Å². The number of hydrogen-bond donors (Lipinski definition) is 0. The lowest BCUT2D eigenvalue weighted by Crippen LogP contribution is -1.98. The fourth-order valence-electron chi connectivity index (χ4n) is 4.38. The molecule has 1 heterocycles. The zero-order valence-corrected chi connectivity index (χ0v) is 18.4. The molecule has 0 spiro atoms. The summed E-state index contributed by atoms with van der Waals surface area (Å²) in [6.07, 6.45) is 0. The number of halogens is 1. The van der Waals surface area contributed by atoms with E-state index in [2.05, 4.69) is 70.6 Å². The van der Waals surface area contributed by atoms with E-state index in [0.717, 1.165) is 22.3 Å². The highest BCUT2D eigenvalue weighted by molar-refractivity contribution is 6.28. The van der Waals surface area contributed by atoms with Gasteiger partial charge in [0, 0.05) is 11.1 Å². The fraction of sp³-hybridized carbons (Fsp3) is 0. The average Bonchev–Trinajstić information content (AvgIpc) is 2.88. The first-order valence-electron chi connectivity index (χ1n) is 10.8. The van der Waals surface area contributed by atoms with Crippen LogP contribution in [0.4, 0.5) is 0 Å². The maximum absolute atomic E-state index is 6.36. The summed E-state index contributed by atoms with van der Waals surface area (Å²) in [5, 5.41) is 5.02. The molecule has 0 aliphatic heterocycles. The van der Waals surface area contributed by atoms with Crippen LogP contribution in [-0.4, -0.2) is 15.0 Å². The molecule has 0 saturated heterocycles. The molecule has 6 rings (SSSR count). The second kappa shape index (κ2) is 8.12. The minimum absolute atomic E-state index is 0.178. The molecule has 0 unspecified atom stereocenters. The normalized spacial score (nSPS) is 11.2. The molecule has 0 fully saturated rings. The average molecular weight is 444 g/mol. The van der Waals surface area contributed by atoms with Crippen molar-refractivity contribution in [3.8, 4) is 33.9 Å². The number of rotatable bonds is 3. The standard InChI is InChI=1S/C29H18ClN3/c30-29-32-27(21-10-2-1-3-11-21)31-28(33-29)25-15-7-6-14-23(25)24-16-8-12-20-18-17-19-9-4-5-13-22(19)26(20)24/h1-18H. The van der Waals surface area contributed by atoms with E-state index in [4.69, 9.17) is 16.6 Å². The molecular weight excluding hydrogens is 426 g/mol. The lowest BCUT2D eigenvalue weighted by atomic mass is 9.91. The molecule has 0 aliphatic rings. The second-order valence-electron chi connectivity index (χ2n) is 7.85. The maximum Gasteiger partial charge on any atom is 0.226 e. The molecule has 0 N–H and O–H groups in total. The van der Waals surface area contributed by atoms with Gasteiger partial charge in [-0.2, -0.15) is 9.97 Å². The minimum atomic E-state index is 0.178. The van der Waals surface area contributed by atoms with Crippen LogP contribution >= 0.6 is 11.6 Å². The molecule has 0 radical (unpaired) electrons. The third-order valence-corrected chi connectivity index (χ3v) is 6.04. The van der Waals surface area contributed by atoms with E-state index in [1.165, 1.54) is 21.5 Å². The van der Waals surface area contributed by atoms with Crippen molar-refractivity contribution in [2.75, 3.05) is 0 Å². The van der Waals surface area contributed by atoms with Crippen LogP contribution < -0.4 is 0 Å². The first kappa shape index (κ1) is 19.6. The summed E-state index contributed by atoms with van der Waals surface area (Å²) in [6.45, 7) is 0. The monoisotopic (exact) mass is 443 g/mol. The summed E-state index contributed by atoms with van der Waals surface area (Å²) in [6, 6.07) is 37.3. The zero-order chi connectivity index (χ0) is 22.2. The van der Waals surface area contributed by atoms with Crippen molar-refractivity contribution in [1.29, 1.82) is 0 Å². The number of nitrogens with zero attached hydrogens (tertiary/aromatic N) is 3. The molecule has 0 aliphatic carbocycles. The molecule has 33 heavy (non-hydrogen) atoms. The van der Waals surface area contributed by atoms with Gasteiger partial charge in [0.25, 0.3) is 0 Å². The quantitative estimate of drug-likeness (QED) is 0.261. The van der Waals surface area contributed by atoms with Gasteiger partial charge in [0.05, 0.1) is 0 Å². The molecule has 4 heteroatoms. The van der Waals surface area contributed by atoms with Crippen molar-refractivity contribution in [2.45, 2.75) is 0 Å². The van der Waals surface area contributed by atoms with Gasteiger partial charge in [0.1, 0.15) is 0 Å². The first-order valence-corrected chi connectivity index (χ1v) is 11.1. The van der Waals surface area contributed by atoms with Crippen LogP contribution in [0.25, 0.3) is 55.4 Å². The molecule has 0 amide bonds. The highest BCUT2D eigenvalue weighted by Gasteiger charge is 2.16. The highest BCUT2D eigenvalue weighted by Crippen LogP contribution is 2.38. The summed E-state index contributed by atoms with van der Waals surface area (Å²) in [7, 11) is 0. The lowest BCUT2D eigenvalue weighted by Gasteiger charge is -2.14. The largest absolute Gasteiger partial charge is 0.226 e. The van der Waals surface area contributed by atoms with Gasteiger partial charge in [-0.25, -0.2) is 4.98 Å². The van der Waals surface area contributed by atoms with Gasteiger partial charge >= 0.3 is 0 Å². The van der Waals surface area contributed by atoms with E-state index in [0.29, 0.717) is 11.6 Å². The SMILES string of the molecule is Clc1nc(-c2ccccc2)nc(-c2ccccc2-c2cccc3ccc4ccccc4c23)n1. The van der Waals surface area contributed by atoms with Gasteiger partial charge in [0.15, 0.2) is 11.6 Å². The van der Waals surface area contributed by atoms with Crippen LogP contribution in [0.15, 0.2) is 109 Å². The van der Waals surface area contributed by atoms with E-state index in [9.17, 15) is 0 Å². The molecule has 6 aromatic rings. The van der Waals surface area contributed by atoms with Crippen molar-refractivity contribution in [1.82, 2.24) is 15.0 Å². The van der Waals surface area contributed by atoms with Gasteiger partial charge in [0.2, 0.25) is 5.28 Å². The maximum atomic E-state index is 6.36. The summed E-state index contributed by atoms with van der Waals surface area (Å²) in [4.78, 5) is 13.7. The summed E-state index contributed by atoms with van der Waals surface area (Å²) in [5.74, 6) is 1.12. The minimum Gasteiger partial charge on any atom is -0.208 e. The summed E-state index contributed by atoms with van der Waals surface area (Å²) >= 11 is 6.36. The van der Waals surface area contributed by atoms with Gasteiger partial charge in [-0.1, -0.05) is 109 Å². The molecule has 1 aromatic heterocycles. The molecule has 0 bridgehead atoms. The van der Waals surface area contributed by atoms with Crippen molar-refractivity contribution < 1.29 is 0 Å². The predicted molar refractivity (Wildman–Crippen MR) is 136 cm³/mol. The number of hydrogen-bond acceptors (Lipinski definition) is 3. The number of aromatic nitrogens is 3. The van der Waals surface area contributed by atoms with Crippen LogP contribution in [0.1, 0.15) is 0 Å². The number of benzene rings is 5. The number of fused-ring (bicyclic) bond motifs is 3. The Labute approximate surface area is 196 Å². The van der Waals surface area contributed by atoms with Crippen LogP contribution in [-0.2, 0) is 0 Å². The Morgan fingerprint density at radius 2 is 1.09 bits per heavy atom. The van der Waals surface area contributed by atoms with E-state index >= 15 is 0 Å². The Balaban J connectivity index is 1.62. The van der Waals surface area contributed by atoms with Gasteiger partial charge < -0.3 is 0 Å². The molecular formula is C29H18ClN3. The van der Waals surface area contributed by atoms with Crippen molar-refractivity contribution >= 4 is 33.1 Å². The van der Waals surface area contributed by atoms with Gasteiger partial charge in [-0.15, -0.1) is 0 Å². The van der Waals surface area contributed by atoms with E-state index in [-0.39, 0.29) is 5.28 Å². The lowest BCUT2D eigenvalue weighted by molar-refractivity contribution is 1.07. The fourth-order valence-corrected chi connectivity index (χ4v) is 4.54. The van der Waals surface area contributed by atoms with Crippen molar-refractivity contribution in [2.24, 2.45) is 0 Å². The Morgan fingerprint density at radius 3 is 1.97 bits per heavy atom. The van der Waals surface area contributed by atoms with Crippen LogP contribution in [0.3, 0.4) is 0 Å². The van der Waals surface area contributed by atoms with Crippen molar-refractivity contribution in [3.05, 3.63) is 114 Å². The Morgan fingerprint density at radius 1 is 0.455 bits per heavy atom. The van der Waals surface area contributed by atoms with Gasteiger partial charge in [-0.05, 0) is 44.3 Å². The summed E-state index contributed by atoms with van der Waals surface area (Å²) in [5.41, 5.74) is 4.01. The van der Waals surface area contributed by atoms with Crippen LogP contribution in [0, 0.1) is 0 Å². The Kier molecular flexibility index (Phi) is 4.82. The highest BCUT2D eigenvalue weighted by atomic mass is 35.5.